The van der Waals surface area contributed by atoms with E-state index in [0.717, 1.165) is 28.1 Å². The van der Waals surface area contributed by atoms with Crippen molar-refractivity contribution in [1.82, 2.24) is 14.8 Å². The number of hydrogen-bond acceptors (Lipinski definition) is 6. The minimum absolute atomic E-state index is 0.0616. The summed E-state index contributed by atoms with van der Waals surface area (Å²) in [6.07, 6.45) is 0. The van der Waals surface area contributed by atoms with Gasteiger partial charge in [-0.15, -0.1) is 10.2 Å². The van der Waals surface area contributed by atoms with Gasteiger partial charge in [0.15, 0.2) is 11.8 Å². The number of benzene rings is 2. The van der Waals surface area contributed by atoms with Crippen LogP contribution in [0, 0.1) is 27.7 Å². The highest BCUT2D eigenvalue weighted by atomic mass is 32.2. The van der Waals surface area contributed by atoms with Gasteiger partial charge in [0.05, 0.1) is 12.3 Å². The van der Waals surface area contributed by atoms with E-state index in [4.69, 9.17) is 4.74 Å². The molecule has 0 atom stereocenters. The van der Waals surface area contributed by atoms with E-state index in [1.54, 1.807) is 0 Å². The SMILES string of the molecule is Cc1cc(C)c(C(=O)COC(=O)CSc2nnc(C)n2Cc2ccccc2)cc1C. The summed E-state index contributed by atoms with van der Waals surface area (Å²) in [4.78, 5) is 24.6. The summed E-state index contributed by atoms with van der Waals surface area (Å²) in [5, 5.41) is 8.92. The van der Waals surface area contributed by atoms with Crippen LogP contribution in [0.15, 0.2) is 47.6 Å². The molecule has 0 fully saturated rings. The largest absolute Gasteiger partial charge is 0.457 e. The molecule has 7 heteroatoms. The van der Waals surface area contributed by atoms with Crippen LogP contribution in [0.3, 0.4) is 0 Å². The van der Waals surface area contributed by atoms with Crippen molar-refractivity contribution in [2.24, 2.45) is 0 Å². The van der Waals surface area contributed by atoms with Gasteiger partial charge >= 0.3 is 5.97 Å². The topological polar surface area (TPSA) is 74.1 Å². The fourth-order valence-corrected chi connectivity index (χ4v) is 3.85. The average Bonchev–Trinajstić information content (AvgIpc) is 3.07. The van der Waals surface area contributed by atoms with Crippen LogP contribution >= 0.6 is 11.8 Å². The molecule has 0 aliphatic rings. The Hall–Kier alpha value is -2.93. The maximum Gasteiger partial charge on any atom is 0.316 e. The van der Waals surface area contributed by atoms with Crippen LogP contribution in [0.5, 0.6) is 0 Å². The van der Waals surface area contributed by atoms with Crippen LogP contribution in [0.2, 0.25) is 0 Å². The summed E-state index contributed by atoms with van der Waals surface area (Å²) >= 11 is 1.25. The zero-order valence-corrected chi connectivity index (χ0v) is 18.5. The molecule has 156 valence electrons. The summed E-state index contributed by atoms with van der Waals surface area (Å²) in [5.41, 5.74) is 4.78. The predicted molar refractivity (Wildman–Crippen MR) is 117 cm³/mol. The van der Waals surface area contributed by atoms with E-state index in [9.17, 15) is 9.59 Å². The molecule has 3 aromatic rings. The Balaban J connectivity index is 1.55. The van der Waals surface area contributed by atoms with Crippen LogP contribution in [-0.4, -0.2) is 38.9 Å². The van der Waals surface area contributed by atoms with Crippen LogP contribution in [0.1, 0.15) is 38.4 Å². The third kappa shape index (κ3) is 5.36. The number of esters is 1. The first-order chi connectivity index (χ1) is 14.3. The fraction of sp³-hybridized carbons (Fsp3) is 0.304. The van der Waals surface area contributed by atoms with Crippen molar-refractivity contribution in [2.75, 3.05) is 12.4 Å². The fourth-order valence-electron chi connectivity index (χ4n) is 3.07. The summed E-state index contributed by atoms with van der Waals surface area (Å²) < 4.78 is 7.16. The lowest BCUT2D eigenvalue weighted by atomic mass is 9.98. The second-order valence-electron chi connectivity index (χ2n) is 7.23. The van der Waals surface area contributed by atoms with Crippen molar-refractivity contribution in [1.29, 1.82) is 0 Å². The number of carbonyl (C=O) groups excluding carboxylic acids is 2. The van der Waals surface area contributed by atoms with E-state index in [-0.39, 0.29) is 18.1 Å². The number of rotatable bonds is 8. The van der Waals surface area contributed by atoms with Gasteiger partial charge in [-0.25, -0.2) is 0 Å². The maximum absolute atomic E-state index is 12.5. The number of nitrogens with zero attached hydrogens (tertiary/aromatic N) is 3. The Kier molecular flexibility index (Phi) is 7.05. The normalized spacial score (nSPS) is 10.8. The molecule has 0 N–H and O–H groups in total. The number of carbonyl (C=O) groups is 2. The van der Waals surface area contributed by atoms with Gasteiger partial charge in [-0.3, -0.25) is 9.59 Å². The van der Waals surface area contributed by atoms with Crippen molar-refractivity contribution in [2.45, 2.75) is 39.4 Å². The quantitative estimate of drug-likeness (QED) is 0.309. The Morgan fingerprint density at radius 2 is 1.67 bits per heavy atom. The van der Waals surface area contributed by atoms with Gasteiger partial charge in [0, 0.05) is 5.56 Å². The minimum atomic E-state index is -0.457. The maximum atomic E-state index is 12.5. The van der Waals surface area contributed by atoms with Crippen LogP contribution in [0.4, 0.5) is 0 Å². The Labute approximate surface area is 180 Å². The van der Waals surface area contributed by atoms with E-state index in [1.165, 1.54) is 11.8 Å². The molecule has 1 heterocycles. The number of thioether (sulfide) groups is 1. The molecule has 0 aliphatic carbocycles. The molecule has 3 rings (SSSR count). The highest BCUT2D eigenvalue weighted by Crippen LogP contribution is 2.19. The first kappa shape index (κ1) is 21.8. The first-order valence-electron chi connectivity index (χ1n) is 9.68. The minimum Gasteiger partial charge on any atom is -0.457 e. The smallest absolute Gasteiger partial charge is 0.316 e. The van der Waals surface area contributed by atoms with Crippen molar-refractivity contribution in [3.8, 4) is 0 Å². The number of ether oxygens (including phenoxy) is 1. The van der Waals surface area contributed by atoms with Crippen molar-refractivity contribution >= 4 is 23.5 Å². The Bertz CT molecular complexity index is 1060. The Morgan fingerprint density at radius 1 is 0.967 bits per heavy atom. The molecular weight excluding hydrogens is 398 g/mol. The van der Waals surface area contributed by atoms with Crippen LogP contribution < -0.4 is 0 Å². The summed E-state index contributed by atoms with van der Waals surface area (Å²) in [7, 11) is 0. The lowest BCUT2D eigenvalue weighted by Crippen LogP contribution is -2.17. The molecule has 30 heavy (non-hydrogen) atoms. The molecule has 0 bridgehead atoms. The van der Waals surface area contributed by atoms with Gasteiger partial charge in [0.1, 0.15) is 5.82 Å². The molecule has 0 saturated heterocycles. The summed E-state index contributed by atoms with van der Waals surface area (Å²) in [6.45, 7) is 8.09. The van der Waals surface area contributed by atoms with Gasteiger partial charge in [-0.2, -0.15) is 0 Å². The third-order valence-corrected chi connectivity index (χ3v) is 5.85. The van der Waals surface area contributed by atoms with E-state index in [1.807, 2.05) is 74.7 Å². The number of Topliss-reactive ketones (excluding diaryl/α,β-unsaturated/α-hetero) is 1. The Morgan fingerprint density at radius 3 is 2.40 bits per heavy atom. The zero-order valence-electron chi connectivity index (χ0n) is 17.6. The predicted octanol–water partition coefficient (Wildman–Crippen LogP) is 4.08. The molecule has 0 saturated carbocycles. The van der Waals surface area contributed by atoms with Crippen LogP contribution in [0.25, 0.3) is 0 Å². The lowest BCUT2D eigenvalue weighted by molar-refractivity contribution is -0.139. The van der Waals surface area contributed by atoms with E-state index in [0.29, 0.717) is 17.3 Å². The summed E-state index contributed by atoms with van der Waals surface area (Å²) in [5.74, 6) is 0.181. The number of hydrogen-bond donors (Lipinski definition) is 0. The average molecular weight is 424 g/mol. The van der Waals surface area contributed by atoms with E-state index in [2.05, 4.69) is 10.2 Å². The van der Waals surface area contributed by atoms with E-state index >= 15 is 0 Å². The molecule has 1 aromatic heterocycles. The molecule has 0 unspecified atom stereocenters. The molecule has 6 nitrogen and oxygen atoms in total. The lowest BCUT2D eigenvalue weighted by Gasteiger charge is -2.10. The monoisotopic (exact) mass is 423 g/mol. The number of aromatic nitrogens is 3. The molecule has 0 amide bonds. The third-order valence-electron chi connectivity index (χ3n) is 4.91. The summed E-state index contributed by atoms with van der Waals surface area (Å²) in [6, 6.07) is 13.8. The number of ketones is 1. The standard InChI is InChI=1S/C23H25N3O3S/c1-15-10-17(3)20(11-16(15)2)21(27)13-29-22(28)14-30-23-25-24-18(4)26(23)12-19-8-6-5-7-9-19/h5-11H,12-14H2,1-4H3. The highest BCUT2D eigenvalue weighted by molar-refractivity contribution is 7.99. The molecule has 2 aromatic carbocycles. The van der Waals surface area contributed by atoms with Crippen LogP contribution in [-0.2, 0) is 16.1 Å². The number of aryl methyl sites for hydroxylation is 4. The molecular formula is C23H25N3O3S. The molecule has 0 spiro atoms. The van der Waals surface area contributed by atoms with Crippen molar-refractivity contribution in [3.63, 3.8) is 0 Å². The van der Waals surface area contributed by atoms with Gasteiger partial charge in [0.2, 0.25) is 5.78 Å². The van der Waals surface area contributed by atoms with Crippen molar-refractivity contribution < 1.29 is 14.3 Å². The van der Waals surface area contributed by atoms with Gasteiger partial charge < -0.3 is 9.30 Å². The molecule has 0 aliphatic heterocycles. The zero-order chi connectivity index (χ0) is 21.7. The van der Waals surface area contributed by atoms with Gasteiger partial charge in [-0.05, 0) is 56.0 Å². The highest BCUT2D eigenvalue weighted by Gasteiger charge is 2.16. The van der Waals surface area contributed by atoms with E-state index < -0.39 is 5.97 Å². The van der Waals surface area contributed by atoms with Gasteiger partial charge in [-0.1, -0.05) is 48.2 Å². The first-order valence-corrected chi connectivity index (χ1v) is 10.7. The van der Waals surface area contributed by atoms with Crippen molar-refractivity contribution in [3.05, 3.63) is 76.1 Å². The van der Waals surface area contributed by atoms with Gasteiger partial charge in [0.25, 0.3) is 0 Å². The second-order valence-corrected chi connectivity index (χ2v) is 8.17. The molecule has 0 radical (unpaired) electrons. The second kappa shape index (κ2) is 9.71.